The molecule has 0 bridgehead atoms. The lowest BCUT2D eigenvalue weighted by atomic mass is 9.86. The number of nitrogens with zero attached hydrogens (tertiary/aromatic N) is 3. The minimum atomic E-state index is 0.0685. The van der Waals surface area contributed by atoms with Gasteiger partial charge in [0.15, 0.2) is 0 Å². The summed E-state index contributed by atoms with van der Waals surface area (Å²) in [7, 11) is 0. The third kappa shape index (κ3) is 4.05. The van der Waals surface area contributed by atoms with Crippen molar-refractivity contribution in [3.8, 4) is 11.4 Å². The second-order valence-electron chi connectivity index (χ2n) is 17.0. The third-order valence-corrected chi connectivity index (χ3v) is 11.9. The van der Waals surface area contributed by atoms with Crippen molar-refractivity contribution in [2.75, 3.05) is 0 Å². The van der Waals surface area contributed by atoms with Crippen molar-refractivity contribution in [2.24, 2.45) is 0 Å². The second-order valence-corrected chi connectivity index (χ2v) is 17.0. The normalized spacial score (nSPS) is 13.1. The molecular formula is C50H41N3. The Bertz CT molecular complexity index is 3080. The van der Waals surface area contributed by atoms with E-state index in [1.54, 1.807) is 0 Å². The fourth-order valence-corrected chi connectivity index (χ4v) is 9.31. The predicted molar refractivity (Wildman–Crippen MR) is 227 cm³/mol. The van der Waals surface area contributed by atoms with E-state index in [0.29, 0.717) is 0 Å². The van der Waals surface area contributed by atoms with Crippen LogP contribution in [0.5, 0.6) is 0 Å². The lowest BCUT2D eigenvalue weighted by Gasteiger charge is -2.19. The highest BCUT2D eigenvalue weighted by atomic mass is 15.0. The van der Waals surface area contributed by atoms with Gasteiger partial charge in [-0.15, -0.1) is 0 Å². The Morgan fingerprint density at radius 1 is 0.340 bits per heavy atom. The minimum absolute atomic E-state index is 0.0685. The smallest absolute Gasteiger partial charge is 0.0622 e. The first-order valence-corrected chi connectivity index (χ1v) is 18.9. The van der Waals surface area contributed by atoms with Crippen LogP contribution in [0.2, 0.25) is 0 Å². The van der Waals surface area contributed by atoms with Gasteiger partial charge in [0, 0.05) is 43.1 Å². The summed E-state index contributed by atoms with van der Waals surface area (Å²) < 4.78 is 7.52. The zero-order valence-electron chi connectivity index (χ0n) is 31.1. The summed E-state index contributed by atoms with van der Waals surface area (Å²) in [6.07, 6.45) is 0. The standard InChI is InChI=1S/C50H41N3/c1-49(2,3)30-24-26-40-36(28-30)32-14-7-9-18-38(32)51(40)42-20-12-22-44-46(42)34-16-11-17-35-47-43(21-13-23-45(47)53(44)48(34)35)52-39-19-10-8-15-33(39)37-29-31(50(4,5)6)25-27-41(37)52/h7-29H,1-6H3. The van der Waals surface area contributed by atoms with Crippen LogP contribution >= 0.6 is 0 Å². The molecule has 53 heavy (non-hydrogen) atoms. The number of para-hydroxylation sites is 3. The van der Waals surface area contributed by atoms with Crippen molar-refractivity contribution in [3.05, 3.63) is 151 Å². The maximum absolute atomic E-state index is 2.53. The minimum Gasteiger partial charge on any atom is -0.309 e. The summed E-state index contributed by atoms with van der Waals surface area (Å²) in [4.78, 5) is 0. The van der Waals surface area contributed by atoms with Crippen LogP contribution in [0.1, 0.15) is 52.7 Å². The van der Waals surface area contributed by atoms with Gasteiger partial charge in [-0.2, -0.15) is 0 Å². The zero-order valence-corrected chi connectivity index (χ0v) is 31.1. The van der Waals surface area contributed by atoms with Crippen molar-refractivity contribution in [1.29, 1.82) is 0 Å². The first kappa shape index (κ1) is 30.6. The molecule has 0 spiro atoms. The van der Waals surface area contributed by atoms with E-state index in [1.165, 1.54) is 104 Å². The molecule has 0 radical (unpaired) electrons. The van der Waals surface area contributed by atoms with E-state index < -0.39 is 0 Å². The third-order valence-electron chi connectivity index (χ3n) is 11.9. The van der Waals surface area contributed by atoms with Gasteiger partial charge in [-0.05, 0) is 82.6 Å². The molecule has 0 unspecified atom stereocenters. The molecule has 11 aromatic rings. The number of aromatic nitrogens is 3. The summed E-state index contributed by atoms with van der Waals surface area (Å²) in [6, 6.07) is 52.6. The number of hydrogen-bond donors (Lipinski definition) is 0. The summed E-state index contributed by atoms with van der Waals surface area (Å²) in [6.45, 7) is 13.8. The molecule has 256 valence electrons. The van der Waals surface area contributed by atoms with Crippen molar-refractivity contribution in [1.82, 2.24) is 13.5 Å². The Morgan fingerprint density at radius 2 is 0.717 bits per heavy atom. The van der Waals surface area contributed by atoms with Crippen molar-refractivity contribution >= 4 is 81.7 Å². The molecule has 0 aliphatic heterocycles. The first-order chi connectivity index (χ1) is 25.6. The van der Waals surface area contributed by atoms with E-state index in [9.17, 15) is 0 Å². The summed E-state index contributed by atoms with van der Waals surface area (Å²) in [5.41, 5.74) is 14.0. The summed E-state index contributed by atoms with van der Waals surface area (Å²) in [5, 5.41) is 10.3. The lowest BCUT2D eigenvalue weighted by Crippen LogP contribution is -2.10. The van der Waals surface area contributed by atoms with Gasteiger partial charge in [-0.1, -0.05) is 120 Å². The Hall–Kier alpha value is -6.06. The van der Waals surface area contributed by atoms with Crippen LogP contribution < -0.4 is 0 Å². The number of fused-ring (bicyclic) bond motifs is 12. The van der Waals surface area contributed by atoms with Crippen LogP contribution in [-0.4, -0.2) is 13.5 Å². The van der Waals surface area contributed by atoms with Gasteiger partial charge < -0.3 is 13.5 Å². The van der Waals surface area contributed by atoms with Crippen molar-refractivity contribution < 1.29 is 0 Å². The van der Waals surface area contributed by atoms with Crippen LogP contribution in [0.3, 0.4) is 0 Å². The Kier molecular flexibility index (Phi) is 5.93. The van der Waals surface area contributed by atoms with Crippen molar-refractivity contribution in [3.63, 3.8) is 0 Å². The molecule has 0 aliphatic rings. The molecule has 0 saturated carbocycles. The number of hydrogen-bond acceptors (Lipinski definition) is 0. The van der Waals surface area contributed by atoms with Gasteiger partial charge >= 0.3 is 0 Å². The largest absolute Gasteiger partial charge is 0.309 e. The fourth-order valence-electron chi connectivity index (χ4n) is 9.31. The van der Waals surface area contributed by atoms with Crippen LogP contribution in [0, 0.1) is 0 Å². The Balaban J connectivity index is 1.24. The van der Waals surface area contributed by atoms with E-state index in [-0.39, 0.29) is 10.8 Å². The second kappa shape index (κ2) is 10.3. The van der Waals surface area contributed by atoms with E-state index >= 15 is 0 Å². The molecule has 3 heteroatoms. The molecule has 0 fully saturated rings. The summed E-state index contributed by atoms with van der Waals surface area (Å²) >= 11 is 0. The van der Waals surface area contributed by atoms with Gasteiger partial charge in [0.2, 0.25) is 0 Å². The van der Waals surface area contributed by atoms with Gasteiger partial charge in [0.25, 0.3) is 0 Å². The van der Waals surface area contributed by atoms with Gasteiger partial charge in [-0.3, -0.25) is 0 Å². The van der Waals surface area contributed by atoms with Gasteiger partial charge in [0.05, 0.1) is 50.0 Å². The lowest BCUT2D eigenvalue weighted by molar-refractivity contribution is 0.591. The molecule has 11 rings (SSSR count). The van der Waals surface area contributed by atoms with Crippen LogP contribution in [0.15, 0.2) is 140 Å². The molecular weight excluding hydrogens is 643 g/mol. The highest BCUT2D eigenvalue weighted by molar-refractivity contribution is 6.27. The van der Waals surface area contributed by atoms with Gasteiger partial charge in [-0.25, -0.2) is 0 Å². The average Bonchev–Trinajstić information content (AvgIpc) is 3.88. The SMILES string of the molecule is CC(C)(C)c1ccc2c(c1)c1ccccc1n2-c1cccc2c1c1cccc3c4c(-n5c6ccccc6c6cc(C(C)(C)C)ccc65)cccc4n2c13. The molecule has 0 saturated heterocycles. The Labute approximate surface area is 308 Å². The van der Waals surface area contributed by atoms with Crippen LogP contribution in [-0.2, 0) is 10.8 Å². The topological polar surface area (TPSA) is 14.3 Å². The molecule has 4 heterocycles. The number of rotatable bonds is 2. The fraction of sp³-hybridized carbons (Fsp3) is 0.160. The van der Waals surface area contributed by atoms with E-state index in [2.05, 4.69) is 195 Å². The molecule has 0 atom stereocenters. The molecule has 0 amide bonds. The molecule has 0 aliphatic carbocycles. The molecule has 0 N–H and O–H groups in total. The van der Waals surface area contributed by atoms with E-state index in [4.69, 9.17) is 0 Å². The number of benzene rings is 7. The van der Waals surface area contributed by atoms with Crippen LogP contribution in [0.25, 0.3) is 93.1 Å². The zero-order chi connectivity index (χ0) is 36.0. The van der Waals surface area contributed by atoms with E-state index in [1.807, 2.05) is 0 Å². The van der Waals surface area contributed by atoms with Gasteiger partial charge in [0.1, 0.15) is 0 Å². The van der Waals surface area contributed by atoms with Crippen molar-refractivity contribution in [2.45, 2.75) is 52.4 Å². The molecule has 3 nitrogen and oxygen atoms in total. The average molecular weight is 684 g/mol. The Morgan fingerprint density at radius 3 is 1.17 bits per heavy atom. The maximum atomic E-state index is 2.53. The predicted octanol–water partition coefficient (Wildman–Crippen LogP) is 13.6. The maximum Gasteiger partial charge on any atom is 0.0622 e. The summed E-state index contributed by atoms with van der Waals surface area (Å²) in [5.74, 6) is 0. The first-order valence-electron chi connectivity index (χ1n) is 18.9. The molecule has 7 aromatic carbocycles. The quantitative estimate of drug-likeness (QED) is 0.172. The monoisotopic (exact) mass is 683 g/mol. The van der Waals surface area contributed by atoms with E-state index in [0.717, 1.165) is 0 Å². The van der Waals surface area contributed by atoms with Crippen LogP contribution in [0.4, 0.5) is 0 Å². The molecule has 4 aromatic heterocycles. The highest BCUT2D eigenvalue weighted by Crippen LogP contribution is 2.46. The highest BCUT2D eigenvalue weighted by Gasteiger charge is 2.25.